The van der Waals surface area contributed by atoms with Crippen LogP contribution in [-0.4, -0.2) is 47.9 Å². The molecule has 0 bridgehead atoms. The predicted molar refractivity (Wildman–Crippen MR) is 99.4 cm³/mol. The van der Waals surface area contributed by atoms with Gasteiger partial charge >= 0.3 is 12.2 Å². The van der Waals surface area contributed by atoms with Gasteiger partial charge in [-0.2, -0.15) is 13.2 Å². The molecule has 3 amide bonds. The number of hydrogen-bond donors (Lipinski definition) is 1. The Labute approximate surface area is 164 Å². The molecule has 0 saturated carbocycles. The van der Waals surface area contributed by atoms with Gasteiger partial charge in [-0.3, -0.25) is 4.79 Å². The molecular weight excluding hydrogens is 395 g/mol. The zero-order chi connectivity index (χ0) is 20.3. The Morgan fingerprint density at radius 2 is 1.57 bits per heavy atom. The fraction of sp³-hybridized carbons (Fsp3) is 0.263. The molecule has 0 radical (unpaired) electrons. The summed E-state index contributed by atoms with van der Waals surface area (Å²) < 4.78 is 39.4. The Balaban J connectivity index is 1.63. The van der Waals surface area contributed by atoms with E-state index in [9.17, 15) is 22.8 Å². The third kappa shape index (κ3) is 4.56. The number of carbonyl (C=O) groups is 2. The van der Waals surface area contributed by atoms with E-state index in [4.69, 9.17) is 11.6 Å². The summed E-state index contributed by atoms with van der Waals surface area (Å²) in [4.78, 5) is 27.7. The summed E-state index contributed by atoms with van der Waals surface area (Å²) in [5.41, 5.74) is -0.803. The zero-order valence-electron chi connectivity index (χ0n) is 14.7. The molecule has 1 aliphatic rings. The van der Waals surface area contributed by atoms with E-state index in [1.165, 1.54) is 28.0 Å². The van der Waals surface area contributed by atoms with Crippen molar-refractivity contribution in [2.45, 2.75) is 6.18 Å². The molecule has 1 N–H and O–H groups in total. The smallest absolute Gasteiger partial charge is 0.335 e. The molecule has 0 aromatic heterocycles. The summed E-state index contributed by atoms with van der Waals surface area (Å²) in [5, 5.41) is 3.19. The minimum Gasteiger partial charge on any atom is -0.335 e. The minimum absolute atomic E-state index is 0.147. The van der Waals surface area contributed by atoms with Crippen molar-refractivity contribution in [1.82, 2.24) is 9.80 Å². The van der Waals surface area contributed by atoms with E-state index in [1.54, 1.807) is 24.3 Å². The maximum absolute atomic E-state index is 13.1. The molecule has 28 heavy (non-hydrogen) atoms. The number of alkyl halides is 3. The third-order valence-corrected chi connectivity index (χ3v) is 4.63. The normalized spacial score (nSPS) is 14.7. The van der Waals surface area contributed by atoms with Gasteiger partial charge in [-0.05, 0) is 30.3 Å². The molecule has 0 spiro atoms. The van der Waals surface area contributed by atoms with E-state index in [1.807, 2.05) is 0 Å². The van der Waals surface area contributed by atoms with E-state index < -0.39 is 17.6 Å². The summed E-state index contributed by atoms with van der Waals surface area (Å²) in [6.45, 7) is 0.723. The number of nitrogens with zero attached hydrogens (tertiary/aromatic N) is 2. The number of rotatable bonds is 2. The molecule has 1 heterocycles. The lowest BCUT2D eigenvalue weighted by Crippen LogP contribution is -2.51. The first kappa shape index (κ1) is 20.0. The van der Waals surface area contributed by atoms with E-state index in [-0.39, 0.29) is 37.8 Å². The van der Waals surface area contributed by atoms with Crippen molar-refractivity contribution >= 4 is 29.2 Å². The van der Waals surface area contributed by atoms with Crippen LogP contribution >= 0.6 is 11.6 Å². The fourth-order valence-electron chi connectivity index (χ4n) is 2.97. The molecule has 1 aliphatic heterocycles. The standard InChI is InChI=1S/C19H17ClF3N3O2/c20-13-4-3-5-14(12-13)24-18(28)26-10-8-25(9-11-26)17(27)15-6-1-2-7-16(15)19(21,22)23/h1-7,12H,8-11H2,(H,24,28). The number of anilines is 1. The number of halogens is 4. The van der Waals surface area contributed by atoms with Gasteiger partial charge in [0.15, 0.2) is 0 Å². The van der Waals surface area contributed by atoms with Crippen LogP contribution in [0.3, 0.4) is 0 Å². The SMILES string of the molecule is O=C(Nc1cccc(Cl)c1)N1CCN(C(=O)c2ccccc2C(F)(F)F)CC1. The van der Waals surface area contributed by atoms with Gasteiger partial charge in [0.1, 0.15) is 0 Å². The highest BCUT2D eigenvalue weighted by molar-refractivity contribution is 6.30. The Morgan fingerprint density at radius 3 is 2.21 bits per heavy atom. The highest BCUT2D eigenvalue weighted by Gasteiger charge is 2.36. The Kier molecular flexibility index (Phi) is 5.79. The number of nitrogens with one attached hydrogen (secondary N) is 1. The van der Waals surface area contributed by atoms with Crippen molar-refractivity contribution in [2.75, 3.05) is 31.5 Å². The van der Waals surface area contributed by atoms with E-state index in [2.05, 4.69) is 5.32 Å². The molecule has 0 atom stereocenters. The maximum atomic E-state index is 13.1. The van der Waals surface area contributed by atoms with Crippen molar-refractivity contribution in [1.29, 1.82) is 0 Å². The minimum atomic E-state index is -4.61. The topological polar surface area (TPSA) is 52.7 Å². The van der Waals surface area contributed by atoms with Gasteiger partial charge in [-0.1, -0.05) is 29.8 Å². The molecule has 0 aliphatic carbocycles. The van der Waals surface area contributed by atoms with Crippen molar-refractivity contribution < 1.29 is 22.8 Å². The van der Waals surface area contributed by atoms with Crippen LogP contribution in [0.1, 0.15) is 15.9 Å². The summed E-state index contributed by atoms with van der Waals surface area (Å²) in [5.74, 6) is -0.692. The quantitative estimate of drug-likeness (QED) is 0.798. The highest BCUT2D eigenvalue weighted by Crippen LogP contribution is 2.32. The summed E-state index contributed by atoms with van der Waals surface area (Å²) in [6, 6.07) is 11.0. The van der Waals surface area contributed by atoms with Crippen LogP contribution in [-0.2, 0) is 6.18 Å². The van der Waals surface area contributed by atoms with Crippen LogP contribution in [0.15, 0.2) is 48.5 Å². The van der Waals surface area contributed by atoms with Crippen molar-refractivity contribution in [3.8, 4) is 0 Å². The second kappa shape index (κ2) is 8.10. The van der Waals surface area contributed by atoms with Gasteiger partial charge in [0.2, 0.25) is 0 Å². The third-order valence-electron chi connectivity index (χ3n) is 4.39. The van der Waals surface area contributed by atoms with Crippen LogP contribution < -0.4 is 5.32 Å². The summed E-state index contributed by atoms with van der Waals surface area (Å²) in [7, 11) is 0. The largest absolute Gasteiger partial charge is 0.417 e. The first-order valence-corrected chi connectivity index (χ1v) is 8.90. The first-order valence-electron chi connectivity index (χ1n) is 8.53. The van der Waals surface area contributed by atoms with Crippen LogP contribution in [0.2, 0.25) is 5.02 Å². The average molecular weight is 412 g/mol. The summed E-state index contributed by atoms with van der Waals surface area (Å²) >= 11 is 5.88. The molecule has 1 fully saturated rings. The van der Waals surface area contributed by atoms with Crippen molar-refractivity contribution in [3.63, 3.8) is 0 Å². The number of urea groups is 1. The number of benzene rings is 2. The van der Waals surface area contributed by atoms with Gasteiger partial charge in [0.25, 0.3) is 5.91 Å². The maximum Gasteiger partial charge on any atom is 0.417 e. The monoisotopic (exact) mass is 411 g/mol. The Hall–Kier alpha value is -2.74. The van der Waals surface area contributed by atoms with Crippen LogP contribution in [0.25, 0.3) is 0 Å². The lowest BCUT2D eigenvalue weighted by Gasteiger charge is -2.35. The van der Waals surface area contributed by atoms with Crippen molar-refractivity contribution in [2.24, 2.45) is 0 Å². The lowest BCUT2D eigenvalue weighted by atomic mass is 10.1. The molecule has 2 aromatic rings. The second-order valence-corrected chi connectivity index (χ2v) is 6.70. The first-order chi connectivity index (χ1) is 13.3. The average Bonchev–Trinajstić information content (AvgIpc) is 2.67. The van der Waals surface area contributed by atoms with Gasteiger partial charge in [0, 0.05) is 36.9 Å². The molecule has 2 aromatic carbocycles. The van der Waals surface area contributed by atoms with E-state index in [0.29, 0.717) is 10.7 Å². The number of piperazine rings is 1. The number of amides is 3. The van der Waals surface area contributed by atoms with Gasteiger partial charge in [-0.15, -0.1) is 0 Å². The van der Waals surface area contributed by atoms with E-state index >= 15 is 0 Å². The number of carbonyl (C=O) groups excluding carboxylic acids is 2. The molecule has 9 heteroatoms. The molecule has 0 unspecified atom stereocenters. The van der Waals surface area contributed by atoms with Crippen molar-refractivity contribution in [3.05, 3.63) is 64.7 Å². The lowest BCUT2D eigenvalue weighted by molar-refractivity contribution is -0.138. The predicted octanol–water partition coefficient (Wildman–Crippen LogP) is 4.35. The molecule has 1 saturated heterocycles. The molecular formula is C19H17ClF3N3O2. The van der Waals surface area contributed by atoms with Gasteiger partial charge in [-0.25, -0.2) is 4.79 Å². The molecule has 148 valence electrons. The van der Waals surface area contributed by atoms with Crippen LogP contribution in [0.5, 0.6) is 0 Å². The zero-order valence-corrected chi connectivity index (χ0v) is 15.4. The Morgan fingerprint density at radius 1 is 0.929 bits per heavy atom. The van der Waals surface area contributed by atoms with Crippen LogP contribution in [0.4, 0.5) is 23.7 Å². The van der Waals surface area contributed by atoms with E-state index in [0.717, 1.165) is 6.07 Å². The Bertz CT molecular complexity index is 881. The fourth-order valence-corrected chi connectivity index (χ4v) is 3.16. The number of hydrogen-bond acceptors (Lipinski definition) is 2. The second-order valence-electron chi connectivity index (χ2n) is 6.26. The van der Waals surface area contributed by atoms with Gasteiger partial charge in [0.05, 0.1) is 11.1 Å². The van der Waals surface area contributed by atoms with Gasteiger partial charge < -0.3 is 15.1 Å². The highest BCUT2D eigenvalue weighted by atomic mass is 35.5. The molecule has 5 nitrogen and oxygen atoms in total. The van der Waals surface area contributed by atoms with Crippen LogP contribution in [0, 0.1) is 0 Å². The summed E-state index contributed by atoms with van der Waals surface area (Å²) in [6.07, 6.45) is -4.61. The molecule has 3 rings (SSSR count).